The molecule has 0 aromatic heterocycles. The molecule has 2 aromatic carbocycles. The lowest BCUT2D eigenvalue weighted by Gasteiger charge is -2.17. The van der Waals surface area contributed by atoms with Crippen molar-refractivity contribution in [3.8, 4) is 5.75 Å². The quantitative estimate of drug-likeness (QED) is 0.687. The number of hydrogen-bond acceptors (Lipinski definition) is 3. The van der Waals surface area contributed by atoms with E-state index in [-0.39, 0.29) is 12.2 Å². The number of Topliss-reactive ketones (excluding diaryl/α,β-unsaturated/α-hetero) is 1. The molecule has 28 heavy (non-hydrogen) atoms. The molecule has 0 radical (unpaired) electrons. The highest BCUT2D eigenvalue weighted by molar-refractivity contribution is 5.96. The van der Waals surface area contributed by atoms with Crippen molar-refractivity contribution in [2.45, 2.75) is 38.4 Å². The molecule has 0 fully saturated rings. The molecule has 0 spiro atoms. The maximum Gasteiger partial charge on any atom is 0.471 e. The molecule has 0 aliphatic rings. The number of carbonyl (C=O) groups is 2. The Hall–Kier alpha value is -2.83. The molecule has 1 amide bonds. The number of halogens is 3. The highest BCUT2D eigenvalue weighted by Crippen LogP contribution is 2.23. The summed E-state index contributed by atoms with van der Waals surface area (Å²) in [4.78, 5) is 23.6. The van der Waals surface area contributed by atoms with Gasteiger partial charge in [-0.05, 0) is 49.1 Å². The van der Waals surface area contributed by atoms with E-state index in [1.807, 2.05) is 35.6 Å². The fraction of sp³-hybridized carbons (Fsp3) is 0.333. The molecule has 1 unspecified atom stereocenters. The van der Waals surface area contributed by atoms with Gasteiger partial charge in [0.2, 0.25) is 0 Å². The second-order valence-corrected chi connectivity index (χ2v) is 6.51. The molecular weight excluding hydrogens is 371 g/mol. The Morgan fingerprint density at radius 2 is 1.79 bits per heavy atom. The van der Waals surface area contributed by atoms with Gasteiger partial charge in [-0.1, -0.05) is 30.3 Å². The number of methoxy groups -OCH3 is 1. The van der Waals surface area contributed by atoms with E-state index in [1.54, 1.807) is 18.2 Å². The van der Waals surface area contributed by atoms with E-state index in [1.165, 1.54) is 14.0 Å². The Labute approximate surface area is 161 Å². The number of hydrogen-bond donors (Lipinski definition) is 1. The molecule has 0 saturated carbocycles. The average Bonchev–Trinajstić information content (AvgIpc) is 2.66. The third-order valence-corrected chi connectivity index (χ3v) is 4.25. The summed E-state index contributed by atoms with van der Waals surface area (Å²) in [5.74, 6) is -1.61. The monoisotopic (exact) mass is 393 g/mol. The van der Waals surface area contributed by atoms with Crippen LogP contribution in [0.25, 0.3) is 0 Å². The molecule has 1 N–H and O–H groups in total. The topological polar surface area (TPSA) is 55.4 Å². The molecule has 7 heteroatoms. The van der Waals surface area contributed by atoms with Crippen molar-refractivity contribution in [3.05, 3.63) is 65.2 Å². The highest BCUT2D eigenvalue weighted by Gasteiger charge is 2.39. The van der Waals surface area contributed by atoms with E-state index in [2.05, 4.69) is 0 Å². The van der Waals surface area contributed by atoms with Gasteiger partial charge in [0.25, 0.3) is 0 Å². The second-order valence-electron chi connectivity index (χ2n) is 6.51. The number of aryl methyl sites for hydroxylation is 1. The Bertz CT molecular complexity index is 819. The minimum absolute atomic E-state index is 0.0697. The van der Waals surface area contributed by atoms with Crippen molar-refractivity contribution in [3.63, 3.8) is 0 Å². The second kappa shape index (κ2) is 9.39. The van der Waals surface area contributed by atoms with Crippen molar-refractivity contribution in [1.82, 2.24) is 5.32 Å². The largest absolute Gasteiger partial charge is 0.496 e. The minimum atomic E-state index is -4.94. The first-order valence-corrected chi connectivity index (χ1v) is 8.82. The maximum absolute atomic E-state index is 12.5. The molecule has 2 rings (SSSR count). The summed E-state index contributed by atoms with van der Waals surface area (Å²) in [6.45, 7) is 1.47. The van der Waals surface area contributed by atoms with Gasteiger partial charge >= 0.3 is 12.1 Å². The fourth-order valence-electron chi connectivity index (χ4n) is 2.84. The number of nitrogens with one attached hydrogen (secondary N) is 1. The van der Waals surface area contributed by atoms with Gasteiger partial charge in [0.05, 0.1) is 7.11 Å². The molecule has 4 nitrogen and oxygen atoms in total. The predicted molar refractivity (Wildman–Crippen MR) is 99.5 cm³/mol. The third kappa shape index (κ3) is 6.11. The van der Waals surface area contributed by atoms with Crippen LogP contribution in [0.4, 0.5) is 13.2 Å². The van der Waals surface area contributed by atoms with Crippen molar-refractivity contribution in [2.75, 3.05) is 7.11 Å². The summed E-state index contributed by atoms with van der Waals surface area (Å²) in [5, 5.41) is 1.91. The molecule has 2 aromatic rings. The molecule has 0 bridgehead atoms. The predicted octanol–water partition coefficient (Wildman–Crippen LogP) is 4.12. The first-order valence-electron chi connectivity index (χ1n) is 8.82. The summed E-state index contributed by atoms with van der Waals surface area (Å²) in [6, 6.07) is 13.7. The van der Waals surface area contributed by atoms with Crippen LogP contribution >= 0.6 is 0 Å². The smallest absolute Gasteiger partial charge is 0.471 e. The Morgan fingerprint density at radius 1 is 1.11 bits per heavy atom. The van der Waals surface area contributed by atoms with Gasteiger partial charge in [-0.2, -0.15) is 13.2 Å². The van der Waals surface area contributed by atoms with Crippen molar-refractivity contribution < 1.29 is 27.5 Å². The van der Waals surface area contributed by atoms with Gasteiger partial charge in [0.1, 0.15) is 5.75 Å². The van der Waals surface area contributed by atoms with Crippen LogP contribution in [0.1, 0.15) is 34.8 Å². The van der Waals surface area contributed by atoms with E-state index in [4.69, 9.17) is 4.74 Å². The van der Waals surface area contributed by atoms with Crippen LogP contribution in [-0.4, -0.2) is 31.0 Å². The van der Waals surface area contributed by atoms with E-state index in [9.17, 15) is 22.8 Å². The van der Waals surface area contributed by atoms with E-state index >= 15 is 0 Å². The zero-order valence-corrected chi connectivity index (χ0v) is 15.7. The molecular formula is C21H22F3NO3. The van der Waals surface area contributed by atoms with Gasteiger partial charge in [-0.3, -0.25) is 9.59 Å². The Kier molecular flexibility index (Phi) is 7.20. The van der Waals surface area contributed by atoms with E-state index in [0.717, 1.165) is 5.56 Å². The first-order chi connectivity index (χ1) is 13.2. The van der Waals surface area contributed by atoms with Crippen LogP contribution in [-0.2, 0) is 17.6 Å². The standard InChI is InChI=1S/C21H22F3NO3/c1-14(25-20(27)21(22,23)24)12-17-13-16(9-11-19(17)28-2)18(26)10-8-15-6-4-3-5-7-15/h3-7,9,11,13-14H,8,10,12H2,1-2H3,(H,25,27). The van der Waals surface area contributed by atoms with Crippen molar-refractivity contribution in [2.24, 2.45) is 0 Å². The molecule has 0 heterocycles. The van der Waals surface area contributed by atoms with Crippen molar-refractivity contribution >= 4 is 11.7 Å². The molecule has 0 aliphatic heterocycles. The number of alkyl halides is 3. The number of benzene rings is 2. The fourth-order valence-corrected chi connectivity index (χ4v) is 2.84. The molecule has 1 atom stereocenters. The lowest BCUT2D eigenvalue weighted by atomic mass is 9.98. The maximum atomic E-state index is 12.5. The van der Waals surface area contributed by atoms with Crippen LogP contribution in [0.5, 0.6) is 5.75 Å². The van der Waals surface area contributed by atoms with Crippen LogP contribution in [0, 0.1) is 0 Å². The summed E-state index contributed by atoms with van der Waals surface area (Å²) in [6.07, 6.45) is -3.92. The normalized spacial score (nSPS) is 12.3. The minimum Gasteiger partial charge on any atom is -0.496 e. The number of ether oxygens (including phenoxy) is 1. The Balaban J connectivity index is 2.07. The molecule has 150 valence electrons. The molecule has 0 saturated heterocycles. The summed E-state index contributed by atoms with van der Waals surface area (Å²) in [5.41, 5.74) is 2.07. The van der Waals surface area contributed by atoms with Crippen molar-refractivity contribution in [1.29, 1.82) is 0 Å². The van der Waals surface area contributed by atoms with E-state index < -0.39 is 18.1 Å². The summed E-state index contributed by atoms with van der Waals surface area (Å²) in [7, 11) is 1.44. The SMILES string of the molecule is COc1ccc(C(=O)CCc2ccccc2)cc1CC(C)NC(=O)C(F)(F)F. The average molecular weight is 393 g/mol. The number of ketones is 1. The van der Waals surface area contributed by atoms with Gasteiger partial charge in [0.15, 0.2) is 5.78 Å². The zero-order chi connectivity index (χ0) is 20.7. The zero-order valence-electron chi connectivity index (χ0n) is 15.7. The van der Waals surface area contributed by atoms with Gasteiger partial charge in [0, 0.05) is 18.0 Å². The summed E-state index contributed by atoms with van der Waals surface area (Å²) >= 11 is 0. The first kappa shape index (κ1) is 21.5. The van der Waals surface area contributed by atoms with E-state index in [0.29, 0.717) is 29.7 Å². The van der Waals surface area contributed by atoms with Crippen LogP contribution in [0.15, 0.2) is 48.5 Å². The van der Waals surface area contributed by atoms with Crippen LogP contribution in [0.2, 0.25) is 0 Å². The number of carbonyl (C=O) groups excluding carboxylic acids is 2. The number of amides is 1. The van der Waals surface area contributed by atoms with Gasteiger partial charge < -0.3 is 10.1 Å². The van der Waals surface area contributed by atoms with Crippen LogP contribution < -0.4 is 10.1 Å². The number of rotatable bonds is 8. The third-order valence-electron chi connectivity index (χ3n) is 4.25. The highest BCUT2D eigenvalue weighted by atomic mass is 19.4. The van der Waals surface area contributed by atoms with Gasteiger partial charge in [-0.25, -0.2) is 0 Å². The van der Waals surface area contributed by atoms with Crippen LogP contribution in [0.3, 0.4) is 0 Å². The molecule has 0 aliphatic carbocycles. The Morgan fingerprint density at radius 3 is 2.39 bits per heavy atom. The lowest BCUT2D eigenvalue weighted by Crippen LogP contribution is -2.42. The summed E-state index contributed by atoms with van der Waals surface area (Å²) < 4.78 is 42.5. The van der Waals surface area contributed by atoms with Gasteiger partial charge in [-0.15, -0.1) is 0 Å². The lowest BCUT2D eigenvalue weighted by molar-refractivity contribution is -0.174.